The fourth-order valence-electron chi connectivity index (χ4n) is 4.07. The summed E-state index contributed by atoms with van der Waals surface area (Å²) in [6.45, 7) is 5.10. The molecule has 0 saturated heterocycles. The van der Waals surface area contributed by atoms with E-state index in [4.69, 9.17) is 14.2 Å². The summed E-state index contributed by atoms with van der Waals surface area (Å²) >= 11 is 0. The summed E-state index contributed by atoms with van der Waals surface area (Å²) in [6, 6.07) is 13.9. The van der Waals surface area contributed by atoms with E-state index in [2.05, 4.69) is 38.1 Å². The fraction of sp³-hybridized carbons (Fsp3) is 0.346. The van der Waals surface area contributed by atoms with Gasteiger partial charge in [0.2, 0.25) is 6.79 Å². The molecule has 4 heteroatoms. The highest BCUT2D eigenvalue weighted by Crippen LogP contribution is 2.34. The zero-order valence-corrected chi connectivity index (χ0v) is 17.6. The maximum atomic E-state index is 12.5. The predicted molar refractivity (Wildman–Crippen MR) is 117 cm³/mol. The van der Waals surface area contributed by atoms with Crippen LogP contribution >= 0.6 is 0 Å². The first kappa shape index (κ1) is 20.3. The number of ketones is 1. The van der Waals surface area contributed by atoms with Gasteiger partial charge in [0.25, 0.3) is 0 Å². The zero-order chi connectivity index (χ0) is 20.9. The van der Waals surface area contributed by atoms with E-state index in [1.807, 2.05) is 30.3 Å². The van der Waals surface area contributed by atoms with Gasteiger partial charge in [-0.05, 0) is 55.2 Å². The van der Waals surface area contributed by atoms with Crippen molar-refractivity contribution in [1.29, 1.82) is 0 Å². The second-order valence-corrected chi connectivity index (χ2v) is 7.95. The molecule has 156 valence electrons. The van der Waals surface area contributed by atoms with E-state index in [9.17, 15) is 4.79 Å². The van der Waals surface area contributed by atoms with Crippen molar-refractivity contribution >= 4 is 5.78 Å². The first-order valence-corrected chi connectivity index (χ1v) is 10.6. The number of benzene rings is 2. The molecule has 1 unspecified atom stereocenters. The normalized spacial score (nSPS) is 16.9. The highest BCUT2D eigenvalue weighted by Gasteiger charge is 2.22. The van der Waals surface area contributed by atoms with Crippen molar-refractivity contribution in [3.05, 3.63) is 76.9 Å². The Morgan fingerprint density at radius 3 is 2.60 bits per heavy atom. The van der Waals surface area contributed by atoms with E-state index in [-0.39, 0.29) is 12.6 Å². The average Bonchev–Trinajstić information content (AvgIpc) is 3.37. The van der Waals surface area contributed by atoms with Crippen molar-refractivity contribution in [2.75, 3.05) is 13.4 Å². The van der Waals surface area contributed by atoms with E-state index in [0.29, 0.717) is 25.4 Å². The van der Waals surface area contributed by atoms with Gasteiger partial charge < -0.3 is 14.2 Å². The Morgan fingerprint density at radius 1 is 1.03 bits per heavy atom. The molecule has 2 aromatic carbocycles. The summed E-state index contributed by atoms with van der Waals surface area (Å²) in [6.07, 6.45) is 7.14. The number of aryl methyl sites for hydroxylation is 1. The maximum absolute atomic E-state index is 12.5. The lowest BCUT2D eigenvalue weighted by molar-refractivity contribution is -0.118. The quantitative estimate of drug-likeness (QED) is 0.547. The molecule has 2 aliphatic rings. The number of allylic oxidation sites excluding steroid dienone is 3. The van der Waals surface area contributed by atoms with Gasteiger partial charge in [0.05, 0.1) is 0 Å². The lowest BCUT2D eigenvalue weighted by Crippen LogP contribution is -2.12. The third kappa shape index (κ3) is 4.76. The van der Waals surface area contributed by atoms with E-state index in [0.717, 1.165) is 35.7 Å². The second-order valence-electron chi connectivity index (χ2n) is 7.95. The lowest BCUT2D eigenvalue weighted by Gasteiger charge is -2.18. The van der Waals surface area contributed by atoms with Crippen molar-refractivity contribution in [3.8, 4) is 17.2 Å². The third-order valence-corrected chi connectivity index (χ3v) is 5.77. The molecule has 0 bridgehead atoms. The van der Waals surface area contributed by atoms with E-state index in [1.54, 1.807) is 0 Å². The summed E-state index contributed by atoms with van der Waals surface area (Å²) in [7, 11) is 0. The number of carbonyl (C=O) groups excluding carboxylic acids is 1. The largest absolute Gasteiger partial charge is 0.489 e. The molecule has 4 nitrogen and oxygen atoms in total. The number of hydrogen-bond donors (Lipinski definition) is 0. The minimum absolute atomic E-state index is 0.244. The van der Waals surface area contributed by atoms with Crippen LogP contribution in [0.4, 0.5) is 0 Å². The van der Waals surface area contributed by atoms with Crippen LogP contribution in [-0.4, -0.2) is 19.2 Å². The topological polar surface area (TPSA) is 44.8 Å². The summed E-state index contributed by atoms with van der Waals surface area (Å²) in [5.41, 5.74) is 4.82. The minimum atomic E-state index is 0.244. The first-order chi connectivity index (χ1) is 14.6. The Bertz CT molecular complexity index is 969. The molecule has 0 spiro atoms. The summed E-state index contributed by atoms with van der Waals surface area (Å²) < 4.78 is 16.7. The van der Waals surface area contributed by atoms with Crippen LogP contribution in [0.2, 0.25) is 0 Å². The number of carbonyl (C=O) groups is 1. The SMILES string of the molecule is CCC1C(CCC(=O)Cc2ccc3c(c2)OCO3)=CC=C1COc1ccc(C)cc1. The Balaban J connectivity index is 1.26. The number of ether oxygens (including phenoxy) is 3. The molecule has 0 amide bonds. The number of Topliss-reactive ketones (excluding diaryl/α,β-unsaturated/α-hetero) is 1. The Morgan fingerprint density at radius 2 is 1.80 bits per heavy atom. The van der Waals surface area contributed by atoms with Crippen LogP contribution in [0.25, 0.3) is 0 Å². The Labute approximate surface area is 178 Å². The number of hydrogen-bond acceptors (Lipinski definition) is 4. The van der Waals surface area contributed by atoms with Gasteiger partial charge in [-0.25, -0.2) is 0 Å². The molecule has 1 aliphatic heterocycles. The molecule has 0 saturated carbocycles. The Hall–Kier alpha value is -3.01. The standard InChI is InChI=1S/C26H28O4/c1-3-24-20(7-8-21(24)16-28-23-11-4-18(2)5-12-23)9-10-22(27)14-19-6-13-25-26(15-19)30-17-29-25/h4-8,11-13,15,24H,3,9-10,14,16-17H2,1-2H3. The van der Waals surface area contributed by atoms with Crippen molar-refractivity contribution in [1.82, 2.24) is 0 Å². The smallest absolute Gasteiger partial charge is 0.231 e. The van der Waals surface area contributed by atoms with Crippen LogP contribution < -0.4 is 14.2 Å². The number of fused-ring (bicyclic) bond motifs is 1. The van der Waals surface area contributed by atoms with E-state index >= 15 is 0 Å². The summed E-state index contributed by atoms with van der Waals surface area (Å²) in [5, 5.41) is 0. The van der Waals surface area contributed by atoms with Gasteiger partial charge in [-0.1, -0.05) is 48.4 Å². The van der Waals surface area contributed by atoms with Gasteiger partial charge in [-0.15, -0.1) is 0 Å². The lowest BCUT2D eigenvalue weighted by atomic mass is 9.89. The van der Waals surface area contributed by atoms with Crippen molar-refractivity contribution in [2.45, 2.75) is 39.5 Å². The molecule has 1 aliphatic carbocycles. The maximum Gasteiger partial charge on any atom is 0.231 e. The second kappa shape index (κ2) is 9.21. The first-order valence-electron chi connectivity index (χ1n) is 10.6. The van der Waals surface area contributed by atoms with E-state index in [1.165, 1.54) is 16.7 Å². The molecule has 1 heterocycles. The zero-order valence-electron chi connectivity index (χ0n) is 17.6. The highest BCUT2D eigenvalue weighted by atomic mass is 16.7. The average molecular weight is 405 g/mol. The van der Waals surface area contributed by atoms with Crippen molar-refractivity contribution < 1.29 is 19.0 Å². The van der Waals surface area contributed by atoms with Crippen molar-refractivity contribution in [3.63, 3.8) is 0 Å². The fourth-order valence-corrected chi connectivity index (χ4v) is 4.07. The van der Waals surface area contributed by atoms with Crippen molar-refractivity contribution in [2.24, 2.45) is 5.92 Å². The molecule has 1 atom stereocenters. The minimum Gasteiger partial charge on any atom is -0.489 e. The molecule has 0 fully saturated rings. The summed E-state index contributed by atoms with van der Waals surface area (Å²) in [4.78, 5) is 12.5. The molecule has 0 N–H and O–H groups in total. The van der Waals surface area contributed by atoms with Crippen LogP contribution in [-0.2, 0) is 11.2 Å². The van der Waals surface area contributed by atoms with Gasteiger partial charge in [0, 0.05) is 18.8 Å². The molecule has 0 radical (unpaired) electrons. The van der Waals surface area contributed by atoms with Crippen LogP contribution in [0.1, 0.15) is 37.3 Å². The molecule has 30 heavy (non-hydrogen) atoms. The van der Waals surface area contributed by atoms with Gasteiger partial charge in [0.15, 0.2) is 11.5 Å². The van der Waals surface area contributed by atoms with Crippen LogP contribution in [0.3, 0.4) is 0 Å². The molecular formula is C26H28O4. The molecular weight excluding hydrogens is 376 g/mol. The molecule has 4 rings (SSSR count). The Kier molecular flexibility index (Phi) is 6.22. The van der Waals surface area contributed by atoms with Crippen LogP contribution in [0, 0.1) is 12.8 Å². The third-order valence-electron chi connectivity index (χ3n) is 5.77. The summed E-state index contributed by atoms with van der Waals surface area (Å²) in [5.74, 6) is 2.98. The highest BCUT2D eigenvalue weighted by molar-refractivity contribution is 5.81. The van der Waals surface area contributed by atoms with Crippen LogP contribution in [0.5, 0.6) is 17.2 Å². The molecule has 2 aromatic rings. The van der Waals surface area contributed by atoms with Gasteiger partial charge in [-0.3, -0.25) is 4.79 Å². The monoisotopic (exact) mass is 404 g/mol. The van der Waals surface area contributed by atoms with Crippen LogP contribution in [0.15, 0.2) is 65.8 Å². The molecule has 0 aromatic heterocycles. The van der Waals surface area contributed by atoms with E-state index < -0.39 is 0 Å². The predicted octanol–water partition coefficient (Wildman–Crippen LogP) is 5.59. The van der Waals surface area contributed by atoms with Gasteiger partial charge >= 0.3 is 0 Å². The van der Waals surface area contributed by atoms with Gasteiger partial charge in [0.1, 0.15) is 18.1 Å². The van der Waals surface area contributed by atoms with Gasteiger partial charge in [-0.2, -0.15) is 0 Å². The number of rotatable bonds is 9.